The summed E-state index contributed by atoms with van der Waals surface area (Å²) in [4.78, 5) is 24.7. The number of sulfonamides is 1. The molecule has 0 aromatic heterocycles. The molecule has 0 aliphatic rings. The molecule has 0 spiro atoms. The minimum Gasteiger partial charge on any atom is -0.449 e. The number of anilines is 1. The number of esters is 1. The van der Waals surface area contributed by atoms with Crippen molar-refractivity contribution in [1.82, 2.24) is 4.72 Å². The average molecular weight is 416 g/mol. The van der Waals surface area contributed by atoms with Gasteiger partial charge in [-0.3, -0.25) is 4.79 Å². The Bertz CT molecular complexity index is 1030. The van der Waals surface area contributed by atoms with Crippen LogP contribution < -0.4 is 10.0 Å². The van der Waals surface area contributed by atoms with Crippen LogP contribution >= 0.6 is 0 Å². The van der Waals surface area contributed by atoms with E-state index in [0.29, 0.717) is 5.69 Å². The maximum Gasteiger partial charge on any atom is 0.338 e. The smallest absolute Gasteiger partial charge is 0.338 e. The van der Waals surface area contributed by atoms with Crippen LogP contribution in [0, 0.1) is 13.8 Å². The largest absolute Gasteiger partial charge is 0.449 e. The molecule has 0 saturated carbocycles. The molecular weight excluding hydrogens is 392 g/mol. The molecule has 0 fully saturated rings. The van der Waals surface area contributed by atoms with Crippen molar-refractivity contribution < 1.29 is 22.7 Å². The Labute approximate surface area is 170 Å². The van der Waals surface area contributed by atoms with Gasteiger partial charge in [-0.05, 0) is 56.2 Å². The van der Waals surface area contributed by atoms with Crippen LogP contribution in [0.5, 0.6) is 0 Å². The number of hydrogen-bond acceptors (Lipinski definition) is 5. The van der Waals surface area contributed by atoms with Crippen LogP contribution in [-0.4, -0.2) is 32.9 Å². The average Bonchev–Trinajstić information content (AvgIpc) is 2.69. The summed E-state index contributed by atoms with van der Waals surface area (Å²) >= 11 is 0. The van der Waals surface area contributed by atoms with Crippen LogP contribution in [0.15, 0.2) is 60.0 Å². The predicted octanol–water partition coefficient (Wildman–Crippen LogP) is 2.95. The highest BCUT2D eigenvalue weighted by molar-refractivity contribution is 7.89. The second-order valence-corrected chi connectivity index (χ2v) is 8.29. The lowest BCUT2D eigenvalue weighted by Crippen LogP contribution is -2.30. The van der Waals surface area contributed by atoms with Gasteiger partial charge in [-0.25, -0.2) is 17.9 Å². The van der Waals surface area contributed by atoms with Crippen LogP contribution in [0.4, 0.5) is 5.69 Å². The highest BCUT2D eigenvalue weighted by Crippen LogP contribution is 2.17. The zero-order valence-corrected chi connectivity index (χ0v) is 17.4. The van der Waals surface area contributed by atoms with Crippen molar-refractivity contribution in [3.8, 4) is 0 Å². The molecule has 0 saturated heterocycles. The third-order valence-electron chi connectivity index (χ3n) is 4.10. The maximum absolute atomic E-state index is 12.4. The fourth-order valence-electron chi connectivity index (χ4n) is 2.43. The zero-order chi connectivity index (χ0) is 21.6. The lowest BCUT2D eigenvalue weighted by Gasteiger charge is -2.15. The number of aryl methyl sites for hydroxylation is 2. The lowest BCUT2D eigenvalue weighted by atomic mass is 10.1. The number of hydrogen-bond donors (Lipinski definition) is 2. The number of amides is 1. The van der Waals surface area contributed by atoms with Crippen molar-refractivity contribution in [3.05, 3.63) is 71.8 Å². The summed E-state index contributed by atoms with van der Waals surface area (Å²) in [5.41, 5.74) is 2.53. The summed E-state index contributed by atoms with van der Waals surface area (Å²) in [7, 11) is -3.78. The van der Waals surface area contributed by atoms with E-state index in [-0.39, 0.29) is 17.0 Å². The van der Waals surface area contributed by atoms with Gasteiger partial charge in [-0.2, -0.15) is 0 Å². The molecule has 0 aliphatic carbocycles. The summed E-state index contributed by atoms with van der Waals surface area (Å²) in [6, 6.07) is 11.0. The summed E-state index contributed by atoms with van der Waals surface area (Å²) in [6.45, 7) is 8.73. The first kappa shape index (κ1) is 22.3. The minimum absolute atomic E-state index is 0.0258. The third kappa shape index (κ3) is 6.00. The topological polar surface area (TPSA) is 102 Å². The molecule has 7 nitrogen and oxygen atoms in total. The number of ether oxygens (including phenoxy) is 1. The van der Waals surface area contributed by atoms with Gasteiger partial charge in [0.05, 0.1) is 10.5 Å². The molecule has 1 amide bonds. The van der Waals surface area contributed by atoms with Crippen LogP contribution in [-0.2, 0) is 19.6 Å². The van der Waals surface area contributed by atoms with E-state index in [2.05, 4.69) is 16.6 Å². The highest BCUT2D eigenvalue weighted by atomic mass is 32.2. The fraction of sp³-hybridized carbons (Fsp3) is 0.238. The Morgan fingerprint density at radius 2 is 1.90 bits per heavy atom. The molecule has 0 heterocycles. The number of rotatable bonds is 8. The number of carbonyl (C=O) groups excluding carboxylic acids is 2. The molecule has 154 valence electrons. The second kappa shape index (κ2) is 9.49. The maximum atomic E-state index is 12.4. The number of nitrogens with one attached hydrogen (secondary N) is 2. The van der Waals surface area contributed by atoms with Crippen molar-refractivity contribution in [3.63, 3.8) is 0 Å². The fourth-order valence-corrected chi connectivity index (χ4v) is 3.47. The van der Waals surface area contributed by atoms with E-state index in [1.807, 2.05) is 32.0 Å². The minimum atomic E-state index is -3.78. The molecule has 0 unspecified atom stereocenters. The molecule has 29 heavy (non-hydrogen) atoms. The van der Waals surface area contributed by atoms with Gasteiger partial charge < -0.3 is 10.1 Å². The molecule has 0 aliphatic heterocycles. The quantitative estimate of drug-likeness (QED) is 0.509. The Kier molecular flexibility index (Phi) is 7.30. The van der Waals surface area contributed by atoms with Crippen molar-refractivity contribution in [2.24, 2.45) is 0 Å². The van der Waals surface area contributed by atoms with E-state index in [1.54, 1.807) is 0 Å². The standard InChI is InChI=1S/C21H24N2O5S/c1-5-11-22-29(26,27)18-8-6-7-17(13-18)21(25)28-16(4)20(24)23-19-12-14(2)9-10-15(19)3/h5-10,12-13,16,22H,1,11H2,2-4H3,(H,23,24)/t16-/m1/s1. The molecule has 2 N–H and O–H groups in total. The normalized spacial score (nSPS) is 12.1. The predicted molar refractivity (Wildman–Crippen MR) is 111 cm³/mol. The van der Waals surface area contributed by atoms with Crippen LogP contribution in [0.3, 0.4) is 0 Å². The van der Waals surface area contributed by atoms with Gasteiger partial charge in [0.15, 0.2) is 6.10 Å². The van der Waals surface area contributed by atoms with Crippen LogP contribution in [0.2, 0.25) is 0 Å². The van der Waals surface area contributed by atoms with Gasteiger partial charge in [-0.1, -0.05) is 24.3 Å². The first-order valence-electron chi connectivity index (χ1n) is 8.94. The summed E-state index contributed by atoms with van der Waals surface area (Å²) in [6.07, 6.45) is 0.341. The highest BCUT2D eigenvalue weighted by Gasteiger charge is 2.21. The van der Waals surface area contributed by atoms with E-state index in [1.165, 1.54) is 37.3 Å². The second-order valence-electron chi connectivity index (χ2n) is 6.52. The van der Waals surface area contributed by atoms with Gasteiger partial charge in [-0.15, -0.1) is 6.58 Å². The van der Waals surface area contributed by atoms with E-state index < -0.39 is 28.0 Å². The molecule has 8 heteroatoms. The molecular formula is C21H24N2O5S. The molecule has 2 aromatic carbocycles. The Morgan fingerprint density at radius 1 is 1.17 bits per heavy atom. The van der Waals surface area contributed by atoms with Gasteiger partial charge in [0.2, 0.25) is 10.0 Å². The van der Waals surface area contributed by atoms with Crippen molar-refractivity contribution in [2.75, 3.05) is 11.9 Å². The van der Waals surface area contributed by atoms with Gasteiger partial charge in [0.1, 0.15) is 0 Å². The Morgan fingerprint density at radius 3 is 2.59 bits per heavy atom. The summed E-state index contributed by atoms with van der Waals surface area (Å²) < 4.78 is 31.9. The van der Waals surface area contributed by atoms with Crippen molar-refractivity contribution in [1.29, 1.82) is 0 Å². The van der Waals surface area contributed by atoms with Gasteiger partial charge in [0.25, 0.3) is 5.91 Å². The lowest BCUT2D eigenvalue weighted by molar-refractivity contribution is -0.123. The molecule has 1 atom stereocenters. The summed E-state index contributed by atoms with van der Waals surface area (Å²) in [5, 5.41) is 2.73. The molecule has 2 rings (SSSR count). The van der Waals surface area contributed by atoms with E-state index in [4.69, 9.17) is 4.74 Å². The van der Waals surface area contributed by atoms with Crippen LogP contribution in [0.1, 0.15) is 28.4 Å². The number of carbonyl (C=O) groups is 2. The first-order chi connectivity index (χ1) is 13.6. The zero-order valence-electron chi connectivity index (χ0n) is 16.6. The monoisotopic (exact) mass is 416 g/mol. The van der Waals surface area contributed by atoms with Gasteiger partial charge >= 0.3 is 5.97 Å². The SMILES string of the molecule is C=CCNS(=O)(=O)c1cccc(C(=O)O[C@H](C)C(=O)Nc2cc(C)ccc2C)c1. The van der Waals surface area contributed by atoms with Gasteiger partial charge in [0, 0.05) is 12.2 Å². The van der Waals surface area contributed by atoms with E-state index in [9.17, 15) is 18.0 Å². The molecule has 0 radical (unpaired) electrons. The first-order valence-corrected chi connectivity index (χ1v) is 10.4. The third-order valence-corrected chi connectivity index (χ3v) is 5.52. The Hall–Kier alpha value is -2.97. The van der Waals surface area contributed by atoms with Crippen LogP contribution in [0.25, 0.3) is 0 Å². The summed E-state index contributed by atoms with van der Waals surface area (Å²) in [5.74, 6) is -1.28. The Balaban J connectivity index is 2.09. The molecule has 2 aromatic rings. The van der Waals surface area contributed by atoms with Crippen molar-refractivity contribution in [2.45, 2.75) is 31.8 Å². The number of benzene rings is 2. The van der Waals surface area contributed by atoms with Crippen molar-refractivity contribution >= 4 is 27.6 Å². The molecule has 0 bridgehead atoms. The van der Waals surface area contributed by atoms with E-state index in [0.717, 1.165) is 11.1 Å². The van der Waals surface area contributed by atoms with E-state index >= 15 is 0 Å².